The Hall–Kier alpha value is -2.17. The number of ketones is 1. The van der Waals surface area contributed by atoms with E-state index in [-0.39, 0.29) is 11.9 Å². The first-order chi connectivity index (χ1) is 12.8. The van der Waals surface area contributed by atoms with E-state index in [1.54, 1.807) is 0 Å². The summed E-state index contributed by atoms with van der Waals surface area (Å²) in [5.74, 6) is 1.10. The molecular formula is C22H26N2O2. The van der Waals surface area contributed by atoms with Crippen molar-refractivity contribution in [2.45, 2.75) is 25.5 Å². The second kappa shape index (κ2) is 8.02. The molecule has 0 aliphatic carbocycles. The minimum Gasteiger partial charge on any atom is -0.482 e. The Labute approximate surface area is 155 Å². The summed E-state index contributed by atoms with van der Waals surface area (Å²) in [6.07, 6.45) is 1.02. The van der Waals surface area contributed by atoms with Crippen LogP contribution in [-0.2, 0) is 17.8 Å². The van der Waals surface area contributed by atoms with Gasteiger partial charge in [-0.15, -0.1) is 0 Å². The molecule has 0 amide bonds. The third kappa shape index (κ3) is 4.14. The van der Waals surface area contributed by atoms with Gasteiger partial charge in [0.15, 0.2) is 11.9 Å². The standard InChI is InChI=1S/C22H26N2O2/c25-20(22-16-19-8-4-5-9-21(19)26-22)10-11-23-12-14-24(15-13-23)17-18-6-2-1-3-7-18/h1-9,22H,10-17H2. The van der Waals surface area contributed by atoms with Crippen LogP contribution in [0.3, 0.4) is 0 Å². The van der Waals surface area contributed by atoms with Crippen LogP contribution in [0.4, 0.5) is 0 Å². The highest BCUT2D eigenvalue weighted by molar-refractivity contribution is 5.84. The molecule has 0 saturated carbocycles. The number of para-hydroxylation sites is 1. The zero-order valence-corrected chi connectivity index (χ0v) is 15.1. The van der Waals surface area contributed by atoms with Crippen LogP contribution in [-0.4, -0.2) is 54.4 Å². The van der Waals surface area contributed by atoms with Crippen molar-refractivity contribution >= 4 is 5.78 Å². The van der Waals surface area contributed by atoms with Gasteiger partial charge in [-0.05, 0) is 17.2 Å². The summed E-state index contributed by atoms with van der Waals surface area (Å²) in [7, 11) is 0. The average molecular weight is 350 g/mol. The lowest BCUT2D eigenvalue weighted by Crippen LogP contribution is -2.46. The molecule has 4 rings (SSSR count). The fourth-order valence-corrected chi connectivity index (χ4v) is 3.80. The monoisotopic (exact) mass is 350 g/mol. The van der Waals surface area contributed by atoms with Gasteiger partial charge in [0, 0.05) is 52.1 Å². The van der Waals surface area contributed by atoms with Gasteiger partial charge in [-0.3, -0.25) is 9.69 Å². The van der Waals surface area contributed by atoms with Gasteiger partial charge >= 0.3 is 0 Å². The minimum absolute atomic E-state index is 0.230. The molecule has 1 fully saturated rings. The molecule has 0 bridgehead atoms. The predicted molar refractivity (Wildman–Crippen MR) is 102 cm³/mol. The largest absolute Gasteiger partial charge is 0.482 e. The molecule has 1 unspecified atom stereocenters. The molecule has 2 aromatic carbocycles. The number of carbonyl (C=O) groups excluding carboxylic acids is 1. The van der Waals surface area contributed by atoms with Crippen LogP contribution in [0.15, 0.2) is 54.6 Å². The van der Waals surface area contributed by atoms with Crippen molar-refractivity contribution in [1.29, 1.82) is 0 Å². The molecule has 4 heteroatoms. The van der Waals surface area contributed by atoms with Crippen molar-refractivity contribution in [2.24, 2.45) is 0 Å². The van der Waals surface area contributed by atoms with E-state index in [0.29, 0.717) is 6.42 Å². The van der Waals surface area contributed by atoms with E-state index in [0.717, 1.165) is 57.0 Å². The van der Waals surface area contributed by atoms with Gasteiger partial charge in [-0.2, -0.15) is 0 Å². The Balaban J connectivity index is 1.19. The van der Waals surface area contributed by atoms with E-state index >= 15 is 0 Å². The summed E-state index contributed by atoms with van der Waals surface area (Å²) in [6.45, 7) is 6.05. The van der Waals surface area contributed by atoms with Crippen LogP contribution in [0.1, 0.15) is 17.5 Å². The van der Waals surface area contributed by atoms with Gasteiger partial charge < -0.3 is 9.64 Å². The fourth-order valence-electron chi connectivity index (χ4n) is 3.80. The number of nitrogens with zero attached hydrogens (tertiary/aromatic N) is 2. The lowest BCUT2D eigenvalue weighted by molar-refractivity contribution is -0.125. The summed E-state index contributed by atoms with van der Waals surface area (Å²) in [5, 5.41) is 0. The first kappa shape index (κ1) is 17.3. The van der Waals surface area contributed by atoms with Gasteiger partial charge in [0.1, 0.15) is 5.75 Å². The van der Waals surface area contributed by atoms with Crippen LogP contribution in [0, 0.1) is 0 Å². The number of rotatable bonds is 6. The Bertz CT molecular complexity index is 714. The Morgan fingerprint density at radius 3 is 2.38 bits per heavy atom. The summed E-state index contributed by atoms with van der Waals surface area (Å²) in [4.78, 5) is 17.4. The Kier molecular flexibility index (Phi) is 5.32. The van der Waals surface area contributed by atoms with E-state index in [2.05, 4.69) is 46.2 Å². The molecular weight excluding hydrogens is 324 g/mol. The second-order valence-electron chi connectivity index (χ2n) is 7.24. The average Bonchev–Trinajstić information content (AvgIpc) is 3.12. The molecule has 4 nitrogen and oxygen atoms in total. The van der Waals surface area contributed by atoms with E-state index in [1.165, 1.54) is 5.56 Å². The molecule has 0 radical (unpaired) electrons. The van der Waals surface area contributed by atoms with Crippen molar-refractivity contribution in [3.63, 3.8) is 0 Å². The van der Waals surface area contributed by atoms with Crippen molar-refractivity contribution < 1.29 is 9.53 Å². The van der Waals surface area contributed by atoms with Crippen LogP contribution >= 0.6 is 0 Å². The van der Waals surface area contributed by atoms with Gasteiger partial charge in [0.05, 0.1) is 0 Å². The molecule has 136 valence electrons. The van der Waals surface area contributed by atoms with Gasteiger partial charge in [-0.1, -0.05) is 48.5 Å². The molecule has 1 atom stereocenters. The number of fused-ring (bicyclic) bond motifs is 1. The number of Topliss-reactive ketones (excluding diaryl/α,β-unsaturated/α-hetero) is 1. The number of piperazine rings is 1. The topological polar surface area (TPSA) is 32.8 Å². The molecule has 2 aromatic rings. The van der Waals surface area contributed by atoms with Gasteiger partial charge in [0.25, 0.3) is 0 Å². The van der Waals surface area contributed by atoms with E-state index in [4.69, 9.17) is 4.74 Å². The minimum atomic E-state index is -0.285. The van der Waals surface area contributed by atoms with Crippen LogP contribution in [0.25, 0.3) is 0 Å². The summed E-state index contributed by atoms with van der Waals surface area (Å²) < 4.78 is 5.82. The van der Waals surface area contributed by atoms with Crippen molar-refractivity contribution in [3.8, 4) is 5.75 Å². The lowest BCUT2D eigenvalue weighted by Gasteiger charge is -2.34. The van der Waals surface area contributed by atoms with Crippen LogP contribution in [0.5, 0.6) is 5.75 Å². The fraction of sp³-hybridized carbons (Fsp3) is 0.409. The summed E-state index contributed by atoms with van der Waals surface area (Å²) >= 11 is 0. The van der Waals surface area contributed by atoms with Gasteiger partial charge in [0.2, 0.25) is 0 Å². The smallest absolute Gasteiger partial charge is 0.174 e. The highest BCUT2D eigenvalue weighted by atomic mass is 16.5. The van der Waals surface area contributed by atoms with Crippen molar-refractivity contribution in [1.82, 2.24) is 9.80 Å². The maximum atomic E-state index is 12.5. The van der Waals surface area contributed by atoms with Gasteiger partial charge in [-0.25, -0.2) is 0 Å². The van der Waals surface area contributed by atoms with E-state index < -0.39 is 0 Å². The van der Waals surface area contributed by atoms with Crippen LogP contribution < -0.4 is 4.74 Å². The van der Waals surface area contributed by atoms with E-state index in [9.17, 15) is 4.79 Å². The molecule has 1 saturated heterocycles. The van der Waals surface area contributed by atoms with Crippen molar-refractivity contribution in [3.05, 3.63) is 65.7 Å². The zero-order valence-electron chi connectivity index (χ0n) is 15.1. The lowest BCUT2D eigenvalue weighted by atomic mass is 10.1. The Morgan fingerprint density at radius 2 is 1.62 bits per heavy atom. The Morgan fingerprint density at radius 1 is 0.923 bits per heavy atom. The maximum Gasteiger partial charge on any atom is 0.174 e. The highest BCUT2D eigenvalue weighted by Gasteiger charge is 2.28. The third-order valence-electron chi connectivity index (χ3n) is 5.39. The SMILES string of the molecule is O=C(CCN1CCN(Cc2ccccc2)CC1)C1Cc2ccccc2O1. The highest BCUT2D eigenvalue weighted by Crippen LogP contribution is 2.28. The third-order valence-corrected chi connectivity index (χ3v) is 5.39. The molecule has 2 heterocycles. The van der Waals surface area contributed by atoms with Crippen LogP contribution in [0.2, 0.25) is 0 Å². The summed E-state index contributed by atoms with van der Waals surface area (Å²) in [5.41, 5.74) is 2.52. The first-order valence-electron chi connectivity index (χ1n) is 9.54. The predicted octanol–water partition coefficient (Wildman–Crippen LogP) is 2.77. The molecule has 26 heavy (non-hydrogen) atoms. The first-order valence-corrected chi connectivity index (χ1v) is 9.54. The summed E-state index contributed by atoms with van der Waals surface area (Å²) in [6, 6.07) is 18.6. The number of hydrogen-bond donors (Lipinski definition) is 0. The second-order valence-corrected chi connectivity index (χ2v) is 7.24. The zero-order chi connectivity index (χ0) is 17.8. The number of benzene rings is 2. The van der Waals surface area contributed by atoms with Crippen molar-refractivity contribution in [2.75, 3.05) is 32.7 Å². The molecule has 2 aliphatic rings. The molecule has 0 N–H and O–H groups in total. The molecule has 2 aliphatic heterocycles. The molecule has 0 spiro atoms. The maximum absolute atomic E-state index is 12.5. The quantitative estimate of drug-likeness (QED) is 0.802. The molecule has 0 aromatic heterocycles. The number of ether oxygens (including phenoxy) is 1. The number of hydrogen-bond acceptors (Lipinski definition) is 4. The van der Waals surface area contributed by atoms with E-state index in [1.807, 2.05) is 18.2 Å². The number of carbonyl (C=O) groups is 1. The normalized spacial score (nSPS) is 20.5.